The smallest absolute Gasteiger partial charge is 0.254 e. The lowest BCUT2D eigenvalue weighted by Crippen LogP contribution is -2.35. The summed E-state index contributed by atoms with van der Waals surface area (Å²) < 4.78 is 12.3. The zero-order chi connectivity index (χ0) is 18.3. The van der Waals surface area contributed by atoms with Crippen LogP contribution in [-0.2, 0) is 20.0 Å². The molecule has 6 nitrogen and oxygen atoms in total. The first kappa shape index (κ1) is 16.4. The topological polar surface area (TPSA) is 56.6 Å². The van der Waals surface area contributed by atoms with E-state index in [1.807, 2.05) is 42.3 Å². The Hall–Kier alpha value is -3.02. The number of carbonyl (C=O) groups is 1. The van der Waals surface area contributed by atoms with Crippen LogP contribution in [0.3, 0.4) is 0 Å². The molecule has 0 saturated heterocycles. The SMILES string of the molecule is COc1ccc2c(c1)CCN(C(=O)c1ccc3c(OC)n(C)nc3c1)C2. The molecule has 1 aliphatic heterocycles. The molecule has 0 aliphatic carbocycles. The maximum Gasteiger partial charge on any atom is 0.254 e. The molecule has 0 unspecified atom stereocenters. The Morgan fingerprint density at radius 2 is 1.92 bits per heavy atom. The molecule has 0 bridgehead atoms. The van der Waals surface area contributed by atoms with Gasteiger partial charge in [0.25, 0.3) is 5.91 Å². The molecule has 0 radical (unpaired) electrons. The highest BCUT2D eigenvalue weighted by Crippen LogP contribution is 2.28. The van der Waals surface area contributed by atoms with Crippen molar-refractivity contribution in [1.82, 2.24) is 14.7 Å². The van der Waals surface area contributed by atoms with E-state index < -0.39 is 0 Å². The fourth-order valence-electron chi connectivity index (χ4n) is 3.56. The fraction of sp³-hybridized carbons (Fsp3) is 0.300. The molecule has 134 valence electrons. The van der Waals surface area contributed by atoms with Gasteiger partial charge in [0.1, 0.15) is 5.75 Å². The Morgan fingerprint density at radius 1 is 1.08 bits per heavy atom. The second-order valence-corrected chi connectivity index (χ2v) is 6.48. The molecular weight excluding hydrogens is 330 g/mol. The van der Waals surface area contributed by atoms with E-state index in [1.54, 1.807) is 18.9 Å². The van der Waals surface area contributed by atoms with Crippen molar-refractivity contribution in [3.8, 4) is 11.6 Å². The highest BCUT2D eigenvalue weighted by molar-refractivity contribution is 5.98. The van der Waals surface area contributed by atoms with E-state index >= 15 is 0 Å². The van der Waals surface area contributed by atoms with Crippen LogP contribution in [0, 0.1) is 0 Å². The van der Waals surface area contributed by atoms with Crippen LogP contribution in [-0.4, -0.2) is 41.4 Å². The molecule has 0 atom stereocenters. The van der Waals surface area contributed by atoms with Gasteiger partial charge in [-0.05, 0) is 47.9 Å². The maximum absolute atomic E-state index is 13.0. The third-order valence-electron chi connectivity index (χ3n) is 4.93. The number of amides is 1. The van der Waals surface area contributed by atoms with Crippen molar-refractivity contribution in [3.63, 3.8) is 0 Å². The lowest BCUT2D eigenvalue weighted by atomic mass is 9.98. The first-order valence-corrected chi connectivity index (χ1v) is 8.56. The molecular formula is C20H21N3O3. The standard InChI is InChI=1S/C20H21N3O3/c1-22-20(26-3)17-7-5-14(11-18(17)21-22)19(24)23-9-8-13-10-16(25-2)6-4-15(13)12-23/h4-7,10-11H,8-9,12H2,1-3H3. The second-order valence-electron chi connectivity index (χ2n) is 6.48. The highest BCUT2D eigenvalue weighted by atomic mass is 16.5. The summed E-state index contributed by atoms with van der Waals surface area (Å²) in [5, 5.41) is 5.34. The van der Waals surface area contributed by atoms with E-state index in [4.69, 9.17) is 9.47 Å². The van der Waals surface area contributed by atoms with Crippen molar-refractivity contribution < 1.29 is 14.3 Å². The van der Waals surface area contributed by atoms with Crippen LogP contribution in [0.25, 0.3) is 10.9 Å². The Bertz CT molecular complexity index is 993. The number of carbonyl (C=O) groups excluding carboxylic acids is 1. The Morgan fingerprint density at radius 3 is 2.69 bits per heavy atom. The molecule has 0 fully saturated rings. The minimum atomic E-state index is 0.0259. The van der Waals surface area contributed by atoms with Crippen molar-refractivity contribution >= 4 is 16.8 Å². The van der Waals surface area contributed by atoms with E-state index in [2.05, 4.69) is 11.2 Å². The number of ether oxygens (including phenoxy) is 2. The Balaban J connectivity index is 1.60. The van der Waals surface area contributed by atoms with Gasteiger partial charge >= 0.3 is 0 Å². The zero-order valence-electron chi connectivity index (χ0n) is 15.2. The average molecular weight is 351 g/mol. The summed E-state index contributed by atoms with van der Waals surface area (Å²) in [5.41, 5.74) is 3.83. The maximum atomic E-state index is 13.0. The van der Waals surface area contributed by atoms with Crippen LogP contribution in [0.15, 0.2) is 36.4 Å². The lowest BCUT2D eigenvalue weighted by Gasteiger charge is -2.29. The van der Waals surface area contributed by atoms with Crippen molar-refractivity contribution in [2.24, 2.45) is 7.05 Å². The summed E-state index contributed by atoms with van der Waals surface area (Å²) in [6, 6.07) is 11.6. The molecule has 3 aromatic rings. The summed E-state index contributed by atoms with van der Waals surface area (Å²) in [6.45, 7) is 1.31. The van der Waals surface area contributed by atoms with Gasteiger partial charge in [-0.2, -0.15) is 5.10 Å². The molecule has 6 heteroatoms. The molecule has 0 spiro atoms. The van der Waals surface area contributed by atoms with Gasteiger partial charge in [0.2, 0.25) is 5.88 Å². The highest BCUT2D eigenvalue weighted by Gasteiger charge is 2.23. The second kappa shape index (κ2) is 6.37. The van der Waals surface area contributed by atoms with Gasteiger partial charge in [-0.25, -0.2) is 4.68 Å². The van der Waals surface area contributed by atoms with E-state index in [0.29, 0.717) is 24.5 Å². The van der Waals surface area contributed by atoms with Crippen LogP contribution in [0.5, 0.6) is 11.6 Å². The van der Waals surface area contributed by atoms with E-state index in [-0.39, 0.29) is 5.91 Å². The fourth-order valence-corrected chi connectivity index (χ4v) is 3.56. The number of aryl methyl sites for hydroxylation is 1. The van der Waals surface area contributed by atoms with Gasteiger partial charge in [0, 0.05) is 25.7 Å². The summed E-state index contributed by atoms with van der Waals surface area (Å²) in [4.78, 5) is 14.9. The van der Waals surface area contributed by atoms with E-state index in [1.165, 1.54) is 11.1 Å². The molecule has 0 saturated carbocycles. The van der Waals surface area contributed by atoms with E-state index in [0.717, 1.165) is 23.1 Å². The minimum Gasteiger partial charge on any atom is -0.497 e. The number of aromatic nitrogens is 2. The number of rotatable bonds is 3. The van der Waals surface area contributed by atoms with Crippen molar-refractivity contribution in [2.45, 2.75) is 13.0 Å². The van der Waals surface area contributed by atoms with Gasteiger partial charge in [-0.1, -0.05) is 6.07 Å². The van der Waals surface area contributed by atoms with Gasteiger partial charge in [-0.15, -0.1) is 0 Å². The number of nitrogens with zero attached hydrogens (tertiary/aromatic N) is 3. The van der Waals surface area contributed by atoms with Crippen molar-refractivity contribution in [3.05, 3.63) is 53.1 Å². The molecule has 26 heavy (non-hydrogen) atoms. The number of fused-ring (bicyclic) bond motifs is 2. The lowest BCUT2D eigenvalue weighted by molar-refractivity contribution is 0.0735. The Labute approximate surface area is 151 Å². The van der Waals surface area contributed by atoms with Gasteiger partial charge in [0.05, 0.1) is 25.1 Å². The number of methoxy groups -OCH3 is 2. The predicted molar refractivity (Wildman–Crippen MR) is 98.7 cm³/mol. The predicted octanol–water partition coefficient (Wildman–Crippen LogP) is 2.79. The molecule has 4 rings (SSSR count). The number of hydrogen-bond acceptors (Lipinski definition) is 4. The molecule has 1 aromatic heterocycles. The summed E-state index contributed by atoms with van der Waals surface area (Å²) in [5.74, 6) is 1.58. The van der Waals surface area contributed by atoms with Crippen LogP contribution in [0.2, 0.25) is 0 Å². The van der Waals surface area contributed by atoms with Gasteiger partial charge in [-0.3, -0.25) is 4.79 Å². The molecule has 2 aromatic carbocycles. The summed E-state index contributed by atoms with van der Waals surface area (Å²) in [6.07, 6.45) is 0.831. The van der Waals surface area contributed by atoms with Gasteiger partial charge in [0.15, 0.2) is 0 Å². The van der Waals surface area contributed by atoms with Crippen LogP contribution in [0.1, 0.15) is 21.5 Å². The first-order valence-electron chi connectivity index (χ1n) is 8.56. The zero-order valence-corrected chi connectivity index (χ0v) is 15.2. The molecule has 1 aliphatic rings. The normalized spacial score (nSPS) is 13.6. The van der Waals surface area contributed by atoms with Crippen molar-refractivity contribution in [1.29, 1.82) is 0 Å². The van der Waals surface area contributed by atoms with E-state index in [9.17, 15) is 4.79 Å². The molecule has 0 N–H and O–H groups in total. The average Bonchev–Trinajstić information content (AvgIpc) is 3.00. The summed E-state index contributed by atoms with van der Waals surface area (Å²) >= 11 is 0. The first-order chi connectivity index (χ1) is 12.6. The third-order valence-corrected chi connectivity index (χ3v) is 4.93. The number of hydrogen-bond donors (Lipinski definition) is 0. The number of benzene rings is 2. The molecule has 1 amide bonds. The quantitative estimate of drug-likeness (QED) is 0.728. The monoisotopic (exact) mass is 351 g/mol. The summed E-state index contributed by atoms with van der Waals surface area (Å²) in [7, 11) is 5.12. The van der Waals surface area contributed by atoms with Gasteiger partial charge < -0.3 is 14.4 Å². The Kier molecular flexibility index (Phi) is 4.03. The van der Waals surface area contributed by atoms with Crippen LogP contribution >= 0.6 is 0 Å². The largest absolute Gasteiger partial charge is 0.497 e. The van der Waals surface area contributed by atoms with Crippen molar-refractivity contribution in [2.75, 3.05) is 20.8 Å². The van der Waals surface area contributed by atoms with Crippen LogP contribution < -0.4 is 9.47 Å². The van der Waals surface area contributed by atoms with Crippen LogP contribution in [0.4, 0.5) is 0 Å². The third kappa shape index (κ3) is 2.67. The molecule has 2 heterocycles. The minimum absolute atomic E-state index is 0.0259.